The van der Waals surface area contributed by atoms with E-state index in [0.717, 1.165) is 3.57 Å². The molecule has 0 atom stereocenters. The molecule has 0 aliphatic carbocycles. The van der Waals surface area contributed by atoms with E-state index in [4.69, 9.17) is 5.26 Å². The van der Waals surface area contributed by atoms with Gasteiger partial charge in [-0.1, -0.05) is 0 Å². The molecule has 1 aromatic rings. The van der Waals surface area contributed by atoms with Crippen LogP contribution in [0.15, 0.2) is 12.1 Å². The fraction of sp³-hybridized carbons (Fsp3) is 0.125. The summed E-state index contributed by atoms with van der Waals surface area (Å²) in [5, 5.41) is 8.47. The minimum atomic E-state index is -0.409. The molecule has 1 aromatic carbocycles. The van der Waals surface area contributed by atoms with Crippen molar-refractivity contribution in [3.8, 4) is 6.07 Å². The molecular weight excluding hydrogens is 256 g/mol. The number of halogens is 2. The Balaban J connectivity index is 3.39. The second-order valence-corrected chi connectivity index (χ2v) is 3.44. The van der Waals surface area contributed by atoms with Gasteiger partial charge >= 0.3 is 0 Å². The molecule has 1 nitrogen and oxygen atoms in total. The van der Waals surface area contributed by atoms with Crippen molar-refractivity contribution in [3.63, 3.8) is 0 Å². The van der Waals surface area contributed by atoms with Gasteiger partial charge in [0.2, 0.25) is 0 Å². The number of nitrogens with zero attached hydrogens (tertiary/aromatic N) is 1. The summed E-state index contributed by atoms with van der Waals surface area (Å²) >= 11 is 2.05. The van der Waals surface area contributed by atoms with E-state index in [9.17, 15) is 4.39 Å². The van der Waals surface area contributed by atoms with Crippen molar-refractivity contribution in [3.05, 3.63) is 32.6 Å². The largest absolute Gasteiger partial charge is 0.205 e. The van der Waals surface area contributed by atoms with Gasteiger partial charge < -0.3 is 0 Å². The number of rotatable bonds is 0. The lowest BCUT2D eigenvalue weighted by molar-refractivity contribution is 0.614. The maximum Gasteiger partial charge on any atom is 0.143 e. The lowest BCUT2D eigenvalue weighted by Crippen LogP contribution is -1.89. The molecule has 0 amide bonds. The maximum atomic E-state index is 13.0. The molecule has 0 aromatic heterocycles. The van der Waals surface area contributed by atoms with Gasteiger partial charge in [-0.3, -0.25) is 0 Å². The van der Waals surface area contributed by atoms with Crippen LogP contribution in [0, 0.1) is 27.6 Å². The molecule has 0 unspecified atom stereocenters. The van der Waals surface area contributed by atoms with Gasteiger partial charge in [-0.15, -0.1) is 0 Å². The van der Waals surface area contributed by atoms with Crippen molar-refractivity contribution >= 4 is 22.6 Å². The minimum absolute atomic E-state index is 0.120. The molecule has 0 aliphatic rings. The van der Waals surface area contributed by atoms with E-state index in [2.05, 4.69) is 22.6 Å². The first-order valence-electron chi connectivity index (χ1n) is 3.01. The van der Waals surface area contributed by atoms with Crippen LogP contribution in [-0.2, 0) is 0 Å². The first-order chi connectivity index (χ1) is 5.15. The lowest BCUT2D eigenvalue weighted by Gasteiger charge is -1.98. The van der Waals surface area contributed by atoms with E-state index in [1.54, 1.807) is 19.1 Å². The van der Waals surface area contributed by atoms with Crippen LogP contribution >= 0.6 is 22.6 Å². The summed E-state index contributed by atoms with van der Waals surface area (Å²) in [5.41, 5.74) is 0.642. The van der Waals surface area contributed by atoms with E-state index in [1.807, 2.05) is 0 Å². The molecule has 3 heteroatoms. The first kappa shape index (κ1) is 8.47. The zero-order valence-electron chi connectivity index (χ0n) is 5.86. The molecule has 1 rings (SSSR count). The molecule has 0 N–H and O–H groups in total. The van der Waals surface area contributed by atoms with Gasteiger partial charge in [0.15, 0.2) is 0 Å². The number of hydrogen-bond acceptors (Lipinski definition) is 1. The quantitative estimate of drug-likeness (QED) is 0.658. The highest BCUT2D eigenvalue weighted by molar-refractivity contribution is 14.1. The Morgan fingerprint density at radius 3 is 2.73 bits per heavy atom. The zero-order valence-corrected chi connectivity index (χ0v) is 8.02. The van der Waals surface area contributed by atoms with Crippen LogP contribution < -0.4 is 0 Å². The summed E-state index contributed by atoms with van der Waals surface area (Å²) < 4.78 is 13.8. The fourth-order valence-corrected chi connectivity index (χ4v) is 1.59. The van der Waals surface area contributed by atoms with Gasteiger partial charge in [-0.25, -0.2) is 4.39 Å². The second kappa shape index (κ2) is 3.18. The Morgan fingerprint density at radius 2 is 2.18 bits per heavy atom. The molecule has 0 bridgehead atoms. The van der Waals surface area contributed by atoms with Crippen molar-refractivity contribution in [2.24, 2.45) is 0 Å². The molecule has 56 valence electrons. The van der Waals surface area contributed by atoms with Crippen LogP contribution in [0.5, 0.6) is 0 Å². The first-order valence-corrected chi connectivity index (χ1v) is 4.09. The summed E-state index contributed by atoms with van der Waals surface area (Å²) in [5.74, 6) is -0.409. The predicted octanol–water partition coefficient (Wildman–Crippen LogP) is 2.61. The van der Waals surface area contributed by atoms with Crippen molar-refractivity contribution in [1.29, 1.82) is 5.26 Å². The summed E-state index contributed by atoms with van der Waals surface area (Å²) in [6.07, 6.45) is 0. The molecule has 0 fully saturated rings. The molecule has 0 aliphatic heterocycles. The van der Waals surface area contributed by atoms with E-state index in [1.165, 1.54) is 6.07 Å². The van der Waals surface area contributed by atoms with Gasteiger partial charge in [0.05, 0.1) is 5.56 Å². The number of aryl methyl sites for hydroxylation is 1. The van der Waals surface area contributed by atoms with Crippen LogP contribution in [0.3, 0.4) is 0 Å². The molecule has 0 radical (unpaired) electrons. The molecule has 0 saturated carbocycles. The van der Waals surface area contributed by atoms with Gasteiger partial charge in [0.25, 0.3) is 0 Å². The second-order valence-electron chi connectivity index (χ2n) is 2.20. The van der Waals surface area contributed by atoms with E-state index in [-0.39, 0.29) is 5.56 Å². The van der Waals surface area contributed by atoms with Crippen molar-refractivity contribution in [2.75, 3.05) is 0 Å². The molecule has 11 heavy (non-hydrogen) atoms. The Labute approximate surface area is 78.0 Å². The number of benzene rings is 1. The van der Waals surface area contributed by atoms with Crippen molar-refractivity contribution < 1.29 is 4.39 Å². The van der Waals surface area contributed by atoms with Crippen molar-refractivity contribution in [1.82, 2.24) is 0 Å². The number of hydrogen-bond donors (Lipinski definition) is 0. The van der Waals surface area contributed by atoms with Gasteiger partial charge in [0, 0.05) is 3.57 Å². The Kier molecular flexibility index (Phi) is 2.45. The molecule has 0 saturated heterocycles. The van der Waals surface area contributed by atoms with E-state index < -0.39 is 5.82 Å². The number of nitriles is 1. The third kappa shape index (κ3) is 1.69. The third-order valence-corrected chi connectivity index (χ3v) is 1.96. The predicted molar refractivity (Wildman–Crippen MR) is 48.6 cm³/mol. The van der Waals surface area contributed by atoms with Gasteiger partial charge in [-0.2, -0.15) is 5.26 Å². The highest BCUT2D eigenvalue weighted by Gasteiger charge is 2.04. The highest BCUT2D eigenvalue weighted by atomic mass is 127. The third-order valence-electron chi connectivity index (χ3n) is 1.34. The smallest absolute Gasteiger partial charge is 0.143 e. The fourth-order valence-electron chi connectivity index (χ4n) is 0.807. The average molecular weight is 261 g/mol. The normalized spacial score (nSPS) is 9.27. The van der Waals surface area contributed by atoms with E-state index in [0.29, 0.717) is 5.56 Å². The average Bonchev–Trinajstić information content (AvgIpc) is 1.96. The molecule has 0 spiro atoms. The summed E-state index contributed by atoms with van der Waals surface area (Å²) in [4.78, 5) is 0. The van der Waals surface area contributed by atoms with Crippen LogP contribution in [0.1, 0.15) is 11.1 Å². The minimum Gasteiger partial charge on any atom is -0.205 e. The molecule has 0 heterocycles. The van der Waals surface area contributed by atoms with Crippen molar-refractivity contribution in [2.45, 2.75) is 6.92 Å². The van der Waals surface area contributed by atoms with E-state index >= 15 is 0 Å². The highest BCUT2D eigenvalue weighted by Crippen LogP contribution is 2.15. The summed E-state index contributed by atoms with van der Waals surface area (Å²) in [7, 11) is 0. The monoisotopic (exact) mass is 261 g/mol. The molecular formula is C8H5FIN. The summed E-state index contributed by atoms with van der Waals surface area (Å²) in [6, 6.07) is 5.03. The van der Waals surface area contributed by atoms with Crippen LogP contribution in [0.4, 0.5) is 4.39 Å². The van der Waals surface area contributed by atoms with Gasteiger partial charge in [-0.05, 0) is 47.2 Å². The SMILES string of the molecule is Cc1cc(I)cc(C#N)c1F. The summed E-state index contributed by atoms with van der Waals surface area (Å²) in [6.45, 7) is 1.65. The topological polar surface area (TPSA) is 23.8 Å². The lowest BCUT2D eigenvalue weighted by atomic mass is 10.1. The Morgan fingerprint density at radius 1 is 1.55 bits per heavy atom. The van der Waals surface area contributed by atoms with Crippen LogP contribution in [0.25, 0.3) is 0 Å². The van der Waals surface area contributed by atoms with Crippen LogP contribution in [0.2, 0.25) is 0 Å². The standard InChI is InChI=1S/C8H5FIN/c1-5-2-7(10)3-6(4-11)8(5)9/h2-3H,1H3. The van der Waals surface area contributed by atoms with Crippen LogP contribution in [-0.4, -0.2) is 0 Å². The van der Waals surface area contributed by atoms with Gasteiger partial charge in [0.1, 0.15) is 11.9 Å². The zero-order chi connectivity index (χ0) is 8.43. The Hall–Kier alpha value is -0.630. The maximum absolute atomic E-state index is 13.0. The Bertz CT molecular complexity index is 328.